The highest BCUT2D eigenvalue weighted by atomic mass is 32.1. The van der Waals surface area contributed by atoms with Crippen LogP contribution in [-0.4, -0.2) is 21.8 Å². The lowest BCUT2D eigenvalue weighted by Gasteiger charge is -2.35. The fourth-order valence-electron chi connectivity index (χ4n) is 3.66. The number of nitrogens with zero attached hydrogens (tertiary/aromatic N) is 2. The van der Waals surface area contributed by atoms with E-state index in [1.165, 1.54) is 11.1 Å². The predicted molar refractivity (Wildman–Crippen MR) is 97.9 cm³/mol. The predicted octanol–water partition coefficient (Wildman–Crippen LogP) is 4.53. The molecule has 0 N–H and O–H groups in total. The summed E-state index contributed by atoms with van der Waals surface area (Å²) in [5, 5.41) is 3.03. The van der Waals surface area contributed by atoms with Gasteiger partial charge in [0.05, 0.1) is 16.7 Å². The van der Waals surface area contributed by atoms with Crippen molar-refractivity contribution in [1.82, 2.24) is 9.88 Å². The maximum atomic E-state index is 12.9. The molecule has 3 nitrogen and oxygen atoms in total. The lowest BCUT2D eigenvalue weighted by molar-refractivity contribution is -0.129. The van der Waals surface area contributed by atoms with E-state index in [9.17, 15) is 4.79 Å². The molecule has 4 heteroatoms. The summed E-state index contributed by atoms with van der Waals surface area (Å²) in [6, 6.07) is 9.27. The molecule has 0 saturated heterocycles. The average molecular weight is 338 g/mol. The molecule has 1 saturated carbocycles. The number of rotatable bonds is 4. The second kappa shape index (κ2) is 6.52. The van der Waals surface area contributed by atoms with Crippen molar-refractivity contribution in [3.8, 4) is 0 Å². The van der Waals surface area contributed by atoms with Crippen LogP contribution in [0.25, 0.3) is 6.08 Å². The Kier molecular flexibility index (Phi) is 4.23. The van der Waals surface area contributed by atoms with E-state index in [-0.39, 0.29) is 11.9 Å². The normalized spacial score (nSPS) is 20.1. The maximum Gasteiger partial charge on any atom is 0.247 e. The zero-order valence-corrected chi connectivity index (χ0v) is 14.8. The van der Waals surface area contributed by atoms with Gasteiger partial charge in [0, 0.05) is 17.5 Å². The number of hydrogen-bond acceptors (Lipinski definition) is 3. The van der Waals surface area contributed by atoms with Gasteiger partial charge in [-0.25, -0.2) is 4.98 Å². The summed E-state index contributed by atoms with van der Waals surface area (Å²) in [6.45, 7) is 1.99. The Morgan fingerprint density at radius 2 is 2.12 bits per heavy atom. The molecule has 1 fully saturated rings. The van der Waals surface area contributed by atoms with Crippen LogP contribution in [-0.2, 0) is 11.2 Å². The Bertz CT molecular complexity index is 775. The molecular formula is C20H22N2OS. The van der Waals surface area contributed by atoms with Gasteiger partial charge in [-0.2, -0.15) is 0 Å². The summed E-state index contributed by atoms with van der Waals surface area (Å²) in [6.07, 6.45) is 9.20. The van der Waals surface area contributed by atoms with Crippen LogP contribution >= 0.6 is 11.3 Å². The molecule has 0 aliphatic heterocycles. The van der Waals surface area contributed by atoms with E-state index >= 15 is 0 Å². The molecule has 1 unspecified atom stereocenters. The van der Waals surface area contributed by atoms with Crippen LogP contribution in [0, 0.1) is 6.92 Å². The minimum absolute atomic E-state index is 0.129. The van der Waals surface area contributed by atoms with Crippen LogP contribution in [0.2, 0.25) is 0 Å². The third kappa shape index (κ3) is 3.16. The fraction of sp³-hybridized carbons (Fsp3) is 0.400. The van der Waals surface area contributed by atoms with Gasteiger partial charge in [-0.15, -0.1) is 11.3 Å². The molecule has 2 aliphatic rings. The van der Waals surface area contributed by atoms with Crippen molar-refractivity contribution in [3.05, 3.63) is 57.6 Å². The topological polar surface area (TPSA) is 33.2 Å². The monoisotopic (exact) mass is 338 g/mol. The first-order valence-corrected chi connectivity index (χ1v) is 9.60. The molecule has 2 aromatic rings. The quantitative estimate of drug-likeness (QED) is 0.767. The van der Waals surface area contributed by atoms with Gasteiger partial charge in [0.2, 0.25) is 5.91 Å². The van der Waals surface area contributed by atoms with Gasteiger partial charge in [-0.3, -0.25) is 4.79 Å². The van der Waals surface area contributed by atoms with Gasteiger partial charge in [0.25, 0.3) is 0 Å². The van der Waals surface area contributed by atoms with Gasteiger partial charge < -0.3 is 4.90 Å². The van der Waals surface area contributed by atoms with E-state index in [2.05, 4.69) is 34.1 Å². The molecule has 1 amide bonds. The number of hydrogen-bond donors (Lipinski definition) is 0. The minimum atomic E-state index is 0.129. The number of benzene rings is 1. The summed E-state index contributed by atoms with van der Waals surface area (Å²) < 4.78 is 0. The molecule has 124 valence electrons. The van der Waals surface area contributed by atoms with Gasteiger partial charge >= 0.3 is 0 Å². The minimum Gasteiger partial charge on any atom is -0.329 e. The first-order valence-electron chi connectivity index (χ1n) is 8.72. The summed E-state index contributed by atoms with van der Waals surface area (Å²) in [5.74, 6) is 0.129. The van der Waals surface area contributed by atoms with Crippen LogP contribution in [0.15, 0.2) is 35.7 Å². The number of amides is 1. The molecule has 1 aromatic carbocycles. The van der Waals surface area contributed by atoms with E-state index in [1.54, 1.807) is 17.4 Å². The first-order chi connectivity index (χ1) is 11.7. The lowest BCUT2D eigenvalue weighted by Crippen LogP contribution is -2.37. The Balaban J connectivity index is 1.59. The van der Waals surface area contributed by atoms with Gasteiger partial charge in [-0.05, 0) is 56.2 Å². The van der Waals surface area contributed by atoms with Crippen LogP contribution in [0.5, 0.6) is 0 Å². The summed E-state index contributed by atoms with van der Waals surface area (Å²) in [5.41, 5.74) is 3.64. The van der Waals surface area contributed by atoms with Crippen molar-refractivity contribution in [2.45, 2.75) is 51.1 Å². The zero-order chi connectivity index (χ0) is 16.5. The highest BCUT2D eigenvalue weighted by molar-refractivity contribution is 7.09. The van der Waals surface area contributed by atoms with Crippen molar-refractivity contribution in [3.63, 3.8) is 0 Å². The van der Waals surface area contributed by atoms with E-state index in [0.717, 1.165) is 42.8 Å². The molecule has 2 aliphatic carbocycles. The third-order valence-corrected chi connectivity index (χ3v) is 5.69. The number of carbonyl (C=O) groups excluding carboxylic acids is 1. The van der Waals surface area contributed by atoms with Crippen molar-refractivity contribution in [1.29, 1.82) is 0 Å². The number of aromatic nitrogens is 1. The lowest BCUT2D eigenvalue weighted by atomic mass is 9.86. The Labute approximate surface area is 147 Å². The molecule has 1 atom stereocenters. The van der Waals surface area contributed by atoms with E-state index < -0.39 is 0 Å². The molecule has 24 heavy (non-hydrogen) atoms. The number of aryl methyl sites for hydroxylation is 2. The second-order valence-electron chi connectivity index (χ2n) is 6.71. The summed E-state index contributed by atoms with van der Waals surface area (Å²) in [7, 11) is 0. The zero-order valence-electron chi connectivity index (χ0n) is 13.9. The maximum absolute atomic E-state index is 12.9. The van der Waals surface area contributed by atoms with E-state index in [1.807, 2.05) is 18.4 Å². The Morgan fingerprint density at radius 3 is 2.88 bits per heavy atom. The van der Waals surface area contributed by atoms with Crippen molar-refractivity contribution >= 4 is 23.3 Å². The van der Waals surface area contributed by atoms with Gasteiger partial charge in [0.15, 0.2) is 0 Å². The largest absolute Gasteiger partial charge is 0.329 e. The van der Waals surface area contributed by atoms with E-state index in [0.29, 0.717) is 6.04 Å². The molecule has 0 radical (unpaired) electrons. The number of thiazole rings is 1. The average Bonchev–Trinajstić information content (AvgIpc) is 3.34. The van der Waals surface area contributed by atoms with Crippen LogP contribution in [0.3, 0.4) is 0 Å². The molecule has 4 rings (SSSR count). The van der Waals surface area contributed by atoms with Gasteiger partial charge in [-0.1, -0.05) is 24.3 Å². The first kappa shape index (κ1) is 15.6. The summed E-state index contributed by atoms with van der Waals surface area (Å²) >= 11 is 1.61. The SMILES string of the molecule is Cc1nc(/C=C/C(=O)N(C2CC2)C2CCCc3ccccc32)cs1. The van der Waals surface area contributed by atoms with Crippen LogP contribution < -0.4 is 0 Å². The van der Waals surface area contributed by atoms with Crippen LogP contribution in [0.4, 0.5) is 0 Å². The second-order valence-corrected chi connectivity index (χ2v) is 7.77. The third-order valence-electron chi connectivity index (χ3n) is 4.90. The molecule has 0 spiro atoms. The highest BCUT2D eigenvalue weighted by Crippen LogP contribution is 2.40. The Hall–Kier alpha value is -1.94. The highest BCUT2D eigenvalue weighted by Gasteiger charge is 2.38. The molecular weight excluding hydrogens is 316 g/mol. The van der Waals surface area contributed by atoms with Crippen molar-refractivity contribution in [2.75, 3.05) is 0 Å². The molecule has 0 bridgehead atoms. The van der Waals surface area contributed by atoms with Crippen molar-refractivity contribution < 1.29 is 4.79 Å². The fourth-order valence-corrected chi connectivity index (χ4v) is 4.24. The number of carbonyl (C=O) groups is 1. The molecule has 1 aromatic heterocycles. The van der Waals surface area contributed by atoms with Crippen molar-refractivity contribution in [2.24, 2.45) is 0 Å². The molecule has 1 heterocycles. The summed E-state index contributed by atoms with van der Waals surface area (Å²) in [4.78, 5) is 19.5. The standard InChI is InChI=1S/C20H22N2OS/c1-14-21-16(13-24-14)9-12-20(23)22(17-10-11-17)19-8-4-6-15-5-2-3-7-18(15)19/h2-3,5,7,9,12-13,17,19H,4,6,8,10-11H2,1H3/b12-9+. The van der Waals surface area contributed by atoms with Gasteiger partial charge in [0.1, 0.15) is 0 Å². The number of fused-ring (bicyclic) bond motifs is 1. The van der Waals surface area contributed by atoms with E-state index in [4.69, 9.17) is 0 Å². The Morgan fingerprint density at radius 1 is 1.29 bits per heavy atom. The smallest absolute Gasteiger partial charge is 0.247 e. The van der Waals surface area contributed by atoms with Crippen LogP contribution in [0.1, 0.15) is 53.6 Å².